The monoisotopic (exact) mass is 322 g/mol. The SMILES string of the molecule is O=C(c1ccc(F)cc1Cl)N1CC(N2CC3CCCC3C2)C1. The van der Waals surface area contributed by atoms with Gasteiger partial charge in [-0.3, -0.25) is 9.69 Å². The fourth-order valence-electron chi connectivity index (χ4n) is 4.25. The summed E-state index contributed by atoms with van der Waals surface area (Å²) in [5, 5.41) is 0.198. The molecule has 0 spiro atoms. The summed E-state index contributed by atoms with van der Waals surface area (Å²) in [4.78, 5) is 16.8. The molecule has 0 bridgehead atoms. The number of hydrogen-bond acceptors (Lipinski definition) is 2. The van der Waals surface area contributed by atoms with Crippen LogP contribution >= 0.6 is 11.6 Å². The van der Waals surface area contributed by atoms with Crippen LogP contribution in [0.25, 0.3) is 0 Å². The molecule has 3 fully saturated rings. The summed E-state index contributed by atoms with van der Waals surface area (Å²) < 4.78 is 13.1. The van der Waals surface area contributed by atoms with Crippen LogP contribution in [0.5, 0.6) is 0 Å². The molecule has 22 heavy (non-hydrogen) atoms. The highest BCUT2D eigenvalue weighted by Gasteiger charge is 2.43. The van der Waals surface area contributed by atoms with E-state index >= 15 is 0 Å². The van der Waals surface area contributed by atoms with Gasteiger partial charge in [0.15, 0.2) is 0 Å². The Morgan fingerprint density at radius 2 is 1.82 bits per heavy atom. The van der Waals surface area contributed by atoms with Crippen LogP contribution in [0.15, 0.2) is 18.2 Å². The van der Waals surface area contributed by atoms with Crippen molar-refractivity contribution >= 4 is 17.5 Å². The van der Waals surface area contributed by atoms with Crippen molar-refractivity contribution in [3.05, 3.63) is 34.6 Å². The van der Waals surface area contributed by atoms with Crippen LogP contribution in [-0.2, 0) is 0 Å². The quantitative estimate of drug-likeness (QED) is 0.835. The lowest BCUT2D eigenvalue weighted by Crippen LogP contribution is -2.60. The molecule has 2 aliphatic heterocycles. The van der Waals surface area contributed by atoms with Crippen LogP contribution < -0.4 is 0 Å². The zero-order valence-electron chi connectivity index (χ0n) is 12.5. The normalized spacial score (nSPS) is 28.7. The first kappa shape index (κ1) is 14.5. The number of benzene rings is 1. The van der Waals surface area contributed by atoms with Crippen LogP contribution in [0.2, 0.25) is 5.02 Å². The van der Waals surface area contributed by atoms with Crippen molar-refractivity contribution in [3.63, 3.8) is 0 Å². The first-order valence-electron chi connectivity index (χ1n) is 8.10. The average molecular weight is 323 g/mol. The molecule has 118 valence electrons. The predicted molar refractivity (Wildman–Crippen MR) is 83.5 cm³/mol. The van der Waals surface area contributed by atoms with Crippen LogP contribution in [0, 0.1) is 17.7 Å². The van der Waals surface area contributed by atoms with E-state index < -0.39 is 5.82 Å². The minimum absolute atomic E-state index is 0.0827. The van der Waals surface area contributed by atoms with Crippen molar-refractivity contribution in [2.75, 3.05) is 26.2 Å². The second-order valence-corrected chi connectivity index (χ2v) is 7.30. The molecule has 2 heterocycles. The Kier molecular flexibility index (Phi) is 3.61. The Bertz CT molecular complexity index is 590. The molecule has 4 rings (SSSR count). The largest absolute Gasteiger partial charge is 0.335 e. The Labute approximate surface area is 135 Å². The molecular weight excluding hydrogens is 303 g/mol. The van der Waals surface area contributed by atoms with E-state index in [9.17, 15) is 9.18 Å². The maximum atomic E-state index is 13.1. The van der Waals surface area contributed by atoms with Gasteiger partial charge in [-0.15, -0.1) is 0 Å². The highest BCUT2D eigenvalue weighted by atomic mass is 35.5. The minimum atomic E-state index is -0.411. The maximum Gasteiger partial charge on any atom is 0.255 e. The second-order valence-electron chi connectivity index (χ2n) is 6.89. The zero-order chi connectivity index (χ0) is 15.3. The lowest BCUT2D eigenvalue weighted by atomic mass is 10.0. The summed E-state index contributed by atoms with van der Waals surface area (Å²) >= 11 is 5.98. The summed E-state index contributed by atoms with van der Waals surface area (Å²) in [5.74, 6) is 1.28. The molecular formula is C17H20ClFN2O. The lowest BCUT2D eigenvalue weighted by Gasteiger charge is -2.44. The third-order valence-electron chi connectivity index (χ3n) is 5.58. The first-order chi connectivity index (χ1) is 10.6. The van der Waals surface area contributed by atoms with Gasteiger partial charge in [0.2, 0.25) is 0 Å². The van der Waals surface area contributed by atoms with E-state index in [0.29, 0.717) is 11.6 Å². The van der Waals surface area contributed by atoms with Crippen molar-refractivity contribution in [1.82, 2.24) is 9.80 Å². The molecule has 2 unspecified atom stereocenters. The lowest BCUT2D eigenvalue weighted by molar-refractivity contribution is 0.0313. The molecule has 1 saturated carbocycles. The van der Waals surface area contributed by atoms with Gasteiger partial charge in [-0.05, 0) is 42.9 Å². The summed E-state index contributed by atoms with van der Waals surface area (Å²) in [6.07, 6.45) is 4.14. The highest BCUT2D eigenvalue weighted by molar-refractivity contribution is 6.33. The van der Waals surface area contributed by atoms with Crippen molar-refractivity contribution in [2.24, 2.45) is 11.8 Å². The first-order valence-corrected chi connectivity index (χ1v) is 8.48. The number of carbonyl (C=O) groups is 1. The minimum Gasteiger partial charge on any atom is -0.335 e. The van der Waals surface area contributed by atoms with Gasteiger partial charge in [0, 0.05) is 32.2 Å². The van der Waals surface area contributed by atoms with Crippen LogP contribution in [0.4, 0.5) is 4.39 Å². The maximum absolute atomic E-state index is 13.1. The summed E-state index contributed by atoms with van der Waals surface area (Å²) in [5.41, 5.74) is 0.403. The number of likely N-dealkylation sites (tertiary alicyclic amines) is 2. The summed E-state index contributed by atoms with van der Waals surface area (Å²) in [6, 6.07) is 4.47. The van der Waals surface area contributed by atoms with Gasteiger partial charge >= 0.3 is 0 Å². The van der Waals surface area contributed by atoms with Gasteiger partial charge in [-0.1, -0.05) is 18.0 Å². The zero-order valence-corrected chi connectivity index (χ0v) is 13.2. The van der Waals surface area contributed by atoms with Crippen LogP contribution in [0.3, 0.4) is 0 Å². The van der Waals surface area contributed by atoms with Crippen molar-refractivity contribution in [1.29, 1.82) is 0 Å². The smallest absolute Gasteiger partial charge is 0.255 e. The van der Waals surface area contributed by atoms with E-state index in [1.54, 1.807) is 0 Å². The molecule has 1 amide bonds. The summed E-state index contributed by atoms with van der Waals surface area (Å²) in [7, 11) is 0. The number of hydrogen-bond donors (Lipinski definition) is 0. The van der Waals surface area contributed by atoms with Crippen molar-refractivity contribution in [2.45, 2.75) is 25.3 Å². The Morgan fingerprint density at radius 1 is 1.14 bits per heavy atom. The molecule has 0 aromatic heterocycles. The predicted octanol–water partition coefficient (Wildman–Crippen LogP) is 3.04. The molecule has 3 aliphatic rings. The van der Waals surface area contributed by atoms with Crippen LogP contribution in [0.1, 0.15) is 29.6 Å². The standard InChI is InChI=1S/C17H20ClFN2O/c18-16-6-13(19)4-5-15(16)17(22)21-9-14(10-21)20-7-11-2-1-3-12(11)8-20/h4-6,11-12,14H,1-3,7-10H2. The van der Waals surface area contributed by atoms with E-state index in [-0.39, 0.29) is 10.9 Å². The second kappa shape index (κ2) is 5.50. The van der Waals surface area contributed by atoms with E-state index in [1.165, 1.54) is 50.6 Å². The molecule has 3 nitrogen and oxygen atoms in total. The number of nitrogens with zero attached hydrogens (tertiary/aromatic N) is 2. The van der Waals surface area contributed by atoms with E-state index in [4.69, 9.17) is 11.6 Å². The molecule has 0 radical (unpaired) electrons. The third-order valence-corrected chi connectivity index (χ3v) is 5.89. The number of amides is 1. The molecule has 1 aromatic carbocycles. The highest BCUT2D eigenvalue weighted by Crippen LogP contribution is 2.39. The van der Waals surface area contributed by atoms with Crippen molar-refractivity contribution < 1.29 is 9.18 Å². The fourth-order valence-corrected chi connectivity index (χ4v) is 4.50. The summed E-state index contributed by atoms with van der Waals surface area (Å²) in [6.45, 7) is 3.95. The van der Waals surface area contributed by atoms with Gasteiger partial charge in [0.05, 0.1) is 10.6 Å². The van der Waals surface area contributed by atoms with Gasteiger partial charge in [-0.2, -0.15) is 0 Å². The van der Waals surface area contributed by atoms with Crippen molar-refractivity contribution in [3.8, 4) is 0 Å². The van der Waals surface area contributed by atoms with Gasteiger partial charge < -0.3 is 4.90 Å². The average Bonchev–Trinajstić information content (AvgIpc) is 2.97. The molecule has 0 N–H and O–H groups in total. The number of halogens is 2. The van der Waals surface area contributed by atoms with E-state index in [2.05, 4.69) is 4.90 Å². The molecule has 1 aromatic rings. The molecule has 5 heteroatoms. The molecule has 2 saturated heterocycles. The Balaban J connectivity index is 1.36. The Morgan fingerprint density at radius 3 is 2.45 bits per heavy atom. The van der Waals surface area contributed by atoms with E-state index in [0.717, 1.165) is 24.9 Å². The molecule has 1 aliphatic carbocycles. The third kappa shape index (κ3) is 2.42. The number of rotatable bonds is 2. The topological polar surface area (TPSA) is 23.6 Å². The van der Waals surface area contributed by atoms with E-state index in [1.807, 2.05) is 4.90 Å². The number of fused-ring (bicyclic) bond motifs is 1. The molecule has 2 atom stereocenters. The van der Waals surface area contributed by atoms with Crippen LogP contribution in [-0.4, -0.2) is 47.9 Å². The van der Waals surface area contributed by atoms with Gasteiger partial charge in [-0.25, -0.2) is 4.39 Å². The fraction of sp³-hybridized carbons (Fsp3) is 0.588. The van der Waals surface area contributed by atoms with Gasteiger partial charge in [0.1, 0.15) is 5.82 Å². The Hall–Kier alpha value is -1.13. The van der Waals surface area contributed by atoms with Gasteiger partial charge in [0.25, 0.3) is 5.91 Å². The number of carbonyl (C=O) groups excluding carboxylic acids is 1.